The van der Waals surface area contributed by atoms with Gasteiger partial charge in [0.25, 0.3) is 10.1 Å². The molecule has 0 radical (unpaired) electrons. The van der Waals surface area contributed by atoms with Crippen molar-refractivity contribution in [2.45, 2.75) is 17.9 Å². The third-order valence-electron chi connectivity index (χ3n) is 3.33. The van der Waals surface area contributed by atoms with Crippen molar-refractivity contribution in [3.8, 4) is 11.5 Å². The molecule has 2 aromatic rings. The van der Waals surface area contributed by atoms with Gasteiger partial charge in [-0.05, 0) is 48.9 Å². The van der Waals surface area contributed by atoms with Gasteiger partial charge in [0.05, 0.1) is 4.90 Å². The molecule has 0 saturated heterocycles. The molecule has 0 amide bonds. The molecule has 0 unspecified atom stereocenters. The van der Waals surface area contributed by atoms with Crippen LogP contribution in [0.2, 0.25) is 0 Å². The third kappa shape index (κ3) is 3.85. The lowest BCUT2D eigenvalue weighted by Crippen LogP contribution is -2.34. The largest absolute Gasteiger partial charge is 0.486 e. The van der Waals surface area contributed by atoms with Crippen molar-refractivity contribution in [3.05, 3.63) is 52.5 Å². The second-order valence-corrected chi connectivity index (χ2v) is 7.72. The normalized spacial score (nSPS) is 17.0. The summed E-state index contributed by atoms with van der Waals surface area (Å²) in [7, 11) is -3.82. The maximum Gasteiger partial charge on any atom is 0.297 e. The summed E-state index contributed by atoms with van der Waals surface area (Å²) in [6, 6.07) is 11.9. The van der Waals surface area contributed by atoms with Gasteiger partial charge < -0.3 is 9.47 Å². The SMILES string of the molecule is Cc1ccc2c(c1)O[C@@H](COS(=O)(=O)c1ccc(Br)cc1)CO2. The van der Waals surface area contributed by atoms with Crippen LogP contribution in [0.25, 0.3) is 0 Å². The topological polar surface area (TPSA) is 61.8 Å². The average Bonchev–Trinajstić information content (AvgIpc) is 2.53. The van der Waals surface area contributed by atoms with E-state index in [1.165, 1.54) is 12.1 Å². The Labute approximate surface area is 143 Å². The second kappa shape index (κ2) is 6.51. The fourth-order valence-electron chi connectivity index (χ4n) is 2.14. The van der Waals surface area contributed by atoms with Crippen LogP contribution in [0.4, 0.5) is 0 Å². The molecule has 0 aliphatic carbocycles. The molecule has 3 rings (SSSR count). The maximum absolute atomic E-state index is 12.2. The molecule has 0 fully saturated rings. The smallest absolute Gasteiger partial charge is 0.297 e. The highest BCUT2D eigenvalue weighted by Gasteiger charge is 2.24. The van der Waals surface area contributed by atoms with Gasteiger partial charge >= 0.3 is 0 Å². The zero-order valence-corrected chi connectivity index (χ0v) is 14.8. The van der Waals surface area contributed by atoms with E-state index in [9.17, 15) is 8.42 Å². The van der Waals surface area contributed by atoms with E-state index in [2.05, 4.69) is 15.9 Å². The fraction of sp³-hybridized carbons (Fsp3) is 0.250. The summed E-state index contributed by atoms with van der Waals surface area (Å²) in [6.07, 6.45) is -0.477. The molecule has 1 heterocycles. The van der Waals surface area contributed by atoms with E-state index in [1.807, 2.05) is 25.1 Å². The number of halogens is 1. The number of rotatable bonds is 4. The summed E-state index contributed by atoms with van der Waals surface area (Å²) in [5.74, 6) is 1.26. The lowest BCUT2D eigenvalue weighted by atomic mass is 10.2. The first-order chi connectivity index (χ1) is 10.9. The quantitative estimate of drug-likeness (QED) is 0.739. The summed E-state index contributed by atoms with van der Waals surface area (Å²) in [6.45, 7) is 2.08. The summed E-state index contributed by atoms with van der Waals surface area (Å²) in [5.41, 5.74) is 1.04. The van der Waals surface area contributed by atoms with Gasteiger partial charge in [-0.2, -0.15) is 8.42 Å². The van der Waals surface area contributed by atoms with E-state index in [0.717, 1.165) is 10.0 Å². The minimum Gasteiger partial charge on any atom is -0.486 e. The molecular weight excluding hydrogens is 384 g/mol. The number of ether oxygens (including phenoxy) is 2. The predicted molar refractivity (Wildman–Crippen MR) is 88.4 cm³/mol. The number of hydrogen-bond acceptors (Lipinski definition) is 5. The molecule has 122 valence electrons. The Morgan fingerprint density at radius 1 is 1.17 bits per heavy atom. The molecule has 0 bridgehead atoms. The van der Waals surface area contributed by atoms with Gasteiger partial charge in [-0.1, -0.05) is 22.0 Å². The Balaban J connectivity index is 1.66. The highest BCUT2D eigenvalue weighted by Crippen LogP contribution is 2.32. The molecule has 0 saturated carbocycles. The van der Waals surface area contributed by atoms with Crippen LogP contribution in [-0.2, 0) is 14.3 Å². The van der Waals surface area contributed by atoms with Crippen LogP contribution in [-0.4, -0.2) is 27.7 Å². The van der Waals surface area contributed by atoms with E-state index in [4.69, 9.17) is 13.7 Å². The van der Waals surface area contributed by atoms with Gasteiger partial charge in [0, 0.05) is 4.47 Å². The van der Waals surface area contributed by atoms with Crippen LogP contribution < -0.4 is 9.47 Å². The number of aryl methyl sites for hydroxylation is 1. The van der Waals surface area contributed by atoms with Gasteiger partial charge in [0.1, 0.15) is 13.2 Å². The molecule has 2 aromatic carbocycles. The first-order valence-electron chi connectivity index (χ1n) is 6.99. The van der Waals surface area contributed by atoms with Crippen molar-refractivity contribution in [3.63, 3.8) is 0 Å². The minimum absolute atomic E-state index is 0.105. The van der Waals surface area contributed by atoms with E-state index in [1.54, 1.807) is 12.1 Å². The Morgan fingerprint density at radius 3 is 2.65 bits per heavy atom. The van der Waals surface area contributed by atoms with Gasteiger partial charge in [-0.25, -0.2) is 0 Å². The summed E-state index contributed by atoms with van der Waals surface area (Å²) in [4.78, 5) is 0.105. The van der Waals surface area contributed by atoms with Crippen LogP contribution >= 0.6 is 15.9 Å². The van der Waals surface area contributed by atoms with Gasteiger partial charge in [-0.15, -0.1) is 0 Å². The minimum atomic E-state index is -3.82. The molecule has 5 nitrogen and oxygen atoms in total. The standard InChI is InChI=1S/C16H15BrO5S/c1-11-2-7-15-16(8-11)22-13(9-20-15)10-21-23(18,19)14-5-3-12(17)4-6-14/h2-8,13H,9-10H2,1H3/t13-/m1/s1. The second-order valence-electron chi connectivity index (χ2n) is 5.19. The molecule has 0 aromatic heterocycles. The molecule has 1 atom stereocenters. The molecule has 1 aliphatic heterocycles. The summed E-state index contributed by atoms with van der Waals surface area (Å²) < 4.78 is 41.5. The van der Waals surface area contributed by atoms with Crippen LogP contribution in [0.15, 0.2) is 51.8 Å². The number of benzene rings is 2. The number of hydrogen-bond donors (Lipinski definition) is 0. The Morgan fingerprint density at radius 2 is 1.91 bits per heavy atom. The third-order valence-corrected chi connectivity index (χ3v) is 5.15. The van der Waals surface area contributed by atoms with Gasteiger partial charge in [0.15, 0.2) is 17.6 Å². The number of fused-ring (bicyclic) bond motifs is 1. The van der Waals surface area contributed by atoms with Crippen molar-refractivity contribution in [2.24, 2.45) is 0 Å². The van der Waals surface area contributed by atoms with Crippen molar-refractivity contribution in [1.82, 2.24) is 0 Å². The maximum atomic E-state index is 12.2. The highest BCUT2D eigenvalue weighted by atomic mass is 79.9. The van der Waals surface area contributed by atoms with Crippen LogP contribution in [0.1, 0.15) is 5.56 Å². The molecule has 0 spiro atoms. The molecule has 1 aliphatic rings. The van der Waals surface area contributed by atoms with Crippen LogP contribution in [0.3, 0.4) is 0 Å². The zero-order chi connectivity index (χ0) is 16.4. The van der Waals surface area contributed by atoms with Crippen molar-refractivity contribution >= 4 is 26.0 Å². The molecule has 23 heavy (non-hydrogen) atoms. The fourth-order valence-corrected chi connectivity index (χ4v) is 3.34. The van der Waals surface area contributed by atoms with Crippen LogP contribution in [0.5, 0.6) is 11.5 Å². The Kier molecular flexibility index (Phi) is 4.61. The molecule has 7 heteroatoms. The van der Waals surface area contributed by atoms with Gasteiger partial charge in [-0.3, -0.25) is 4.18 Å². The Hall–Kier alpha value is -1.57. The van der Waals surface area contributed by atoms with Crippen molar-refractivity contribution < 1.29 is 22.1 Å². The molecular formula is C16H15BrO5S. The van der Waals surface area contributed by atoms with Gasteiger partial charge in [0.2, 0.25) is 0 Å². The zero-order valence-electron chi connectivity index (χ0n) is 12.4. The predicted octanol–water partition coefficient (Wildman–Crippen LogP) is 3.30. The highest BCUT2D eigenvalue weighted by molar-refractivity contribution is 9.10. The van der Waals surface area contributed by atoms with E-state index < -0.39 is 16.2 Å². The van der Waals surface area contributed by atoms with E-state index in [-0.39, 0.29) is 18.1 Å². The average molecular weight is 399 g/mol. The first-order valence-corrected chi connectivity index (χ1v) is 9.19. The van der Waals surface area contributed by atoms with E-state index in [0.29, 0.717) is 11.5 Å². The first kappa shape index (κ1) is 16.3. The Bertz CT molecular complexity index is 802. The monoisotopic (exact) mass is 398 g/mol. The summed E-state index contributed by atoms with van der Waals surface area (Å²) >= 11 is 3.26. The molecule has 0 N–H and O–H groups in total. The van der Waals surface area contributed by atoms with Crippen molar-refractivity contribution in [1.29, 1.82) is 0 Å². The van der Waals surface area contributed by atoms with E-state index >= 15 is 0 Å². The summed E-state index contributed by atoms with van der Waals surface area (Å²) in [5, 5.41) is 0. The lowest BCUT2D eigenvalue weighted by molar-refractivity contribution is 0.0554. The lowest BCUT2D eigenvalue weighted by Gasteiger charge is -2.26. The van der Waals surface area contributed by atoms with Crippen LogP contribution in [0, 0.1) is 6.92 Å². The van der Waals surface area contributed by atoms with Crippen molar-refractivity contribution in [2.75, 3.05) is 13.2 Å².